The molecule has 38 heavy (non-hydrogen) atoms. The summed E-state index contributed by atoms with van der Waals surface area (Å²) in [5, 5.41) is 0. The zero-order valence-electron chi connectivity index (χ0n) is 20.9. The maximum atomic E-state index is 13.4. The van der Waals surface area contributed by atoms with Gasteiger partial charge in [-0.25, -0.2) is 0 Å². The highest BCUT2D eigenvalue weighted by Crippen LogP contribution is 2.38. The lowest BCUT2D eigenvalue weighted by atomic mass is 9.84. The van der Waals surface area contributed by atoms with Crippen molar-refractivity contribution in [3.05, 3.63) is 70.8 Å². The van der Waals surface area contributed by atoms with E-state index in [2.05, 4.69) is 9.80 Å². The largest absolute Gasteiger partial charge is 0.416 e. The van der Waals surface area contributed by atoms with Gasteiger partial charge < -0.3 is 9.80 Å². The van der Waals surface area contributed by atoms with Crippen LogP contribution in [-0.4, -0.2) is 72.5 Å². The molecular formula is C28H31F6N3O. The maximum Gasteiger partial charge on any atom is 0.416 e. The van der Waals surface area contributed by atoms with Gasteiger partial charge in [-0.1, -0.05) is 30.3 Å². The third-order valence-electron chi connectivity index (χ3n) is 8.02. The number of benzene rings is 2. The van der Waals surface area contributed by atoms with Crippen LogP contribution < -0.4 is 0 Å². The monoisotopic (exact) mass is 539 g/mol. The van der Waals surface area contributed by atoms with E-state index in [4.69, 9.17) is 0 Å². The van der Waals surface area contributed by atoms with Crippen LogP contribution >= 0.6 is 0 Å². The number of carbonyl (C=O) groups excluding carboxylic acids is 1. The van der Waals surface area contributed by atoms with Crippen LogP contribution in [0.2, 0.25) is 0 Å². The molecule has 0 unspecified atom stereocenters. The lowest BCUT2D eigenvalue weighted by Gasteiger charge is -2.47. The van der Waals surface area contributed by atoms with E-state index >= 15 is 0 Å². The fourth-order valence-corrected chi connectivity index (χ4v) is 5.79. The van der Waals surface area contributed by atoms with Gasteiger partial charge in [0.1, 0.15) is 0 Å². The fraction of sp³-hybridized carbons (Fsp3) is 0.536. The molecule has 0 bridgehead atoms. The van der Waals surface area contributed by atoms with Crippen molar-refractivity contribution in [1.29, 1.82) is 0 Å². The third kappa shape index (κ3) is 6.17. The van der Waals surface area contributed by atoms with Crippen LogP contribution in [0.3, 0.4) is 0 Å². The van der Waals surface area contributed by atoms with E-state index in [9.17, 15) is 31.1 Å². The van der Waals surface area contributed by atoms with Crippen LogP contribution in [-0.2, 0) is 12.4 Å². The number of halogens is 6. The van der Waals surface area contributed by atoms with Crippen molar-refractivity contribution in [2.45, 2.75) is 43.6 Å². The van der Waals surface area contributed by atoms with Crippen LogP contribution in [0.1, 0.15) is 52.2 Å². The topological polar surface area (TPSA) is 26.8 Å². The van der Waals surface area contributed by atoms with Crippen molar-refractivity contribution >= 4 is 5.91 Å². The van der Waals surface area contributed by atoms with Gasteiger partial charge in [0.05, 0.1) is 11.1 Å². The summed E-state index contributed by atoms with van der Waals surface area (Å²) in [5.74, 6) is -0.0893. The normalized spacial score (nSPS) is 24.0. The molecule has 2 aromatic carbocycles. The minimum atomic E-state index is -5.00. The summed E-state index contributed by atoms with van der Waals surface area (Å²) in [5.41, 5.74) is -2.54. The molecular weight excluding hydrogens is 508 g/mol. The van der Waals surface area contributed by atoms with Gasteiger partial charge >= 0.3 is 12.4 Å². The number of rotatable bonds is 5. The molecule has 1 aliphatic carbocycles. The van der Waals surface area contributed by atoms with Crippen LogP contribution in [0.5, 0.6) is 0 Å². The third-order valence-corrected chi connectivity index (χ3v) is 8.02. The molecule has 0 radical (unpaired) electrons. The molecule has 2 aliphatic heterocycles. The minimum Gasteiger partial charge on any atom is -0.338 e. The first-order valence-corrected chi connectivity index (χ1v) is 13.1. The Morgan fingerprint density at radius 3 is 1.95 bits per heavy atom. The Hall–Kier alpha value is -2.59. The molecule has 10 heteroatoms. The molecule has 1 amide bonds. The van der Waals surface area contributed by atoms with Crippen LogP contribution in [0.15, 0.2) is 48.5 Å². The van der Waals surface area contributed by atoms with Crippen molar-refractivity contribution < 1.29 is 31.1 Å². The maximum absolute atomic E-state index is 13.4. The molecule has 3 aliphatic rings. The zero-order valence-corrected chi connectivity index (χ0v) is 20.9. The highest BCUT2D eigenvalue weighted by Gasteiger charge is 2.40. The van der Waals surface area contributed by atoms with E-state index in [1.54, 1.807) is 0 Å². The van der Waals surface area contributed by atoms with Gasteiger partial charge in [-0.3, -0.25) is 9.69 Å². The predicted molar refractivity (Wildman–Crippen MR) is 131 cm³/mol. The SMILES string of the molecule is O=C(c1cc(C(F)(F)F)cc(C(F)(F)F)c1)N1CC[C@@H](N2CCN(CC3CC3)CC2)[C@@H](c2ccccc2)C1. The Morgan fingerprint density at radius 2 is 1.39 bits per heavy atom. The Morgan fingerprint density at radius 1 is 0.789 bits per heavy atom. The summed E-state index contributed by atoms with van der Waals surface area (Å²) in [6, 6.07) is 10.9. The van der Waals surface area contributed by atoms with Crippen molar-refractivity contribution in [3.63, 3.8) is 0 Å². The molecule has 2 atom stereocenters. The number of alkyl halides is 6. The smallest absolute Gasteiger partial charge is 0.338 e. The van der Waals surface area contributed by atoms with Gasteiger partial charge in [-0.05, 0) is 48.9 Å². The molecule has 2 heterocycles. The number of hydrogen-bond acceptors (Lipinski definition) is 3. The average molecular weight is 540 g/mol. The van der Waals surface area contributed by atoms with E-state index in [-0.39, 0.29) is 31.1 Å². The van der Waals surface area contributed by atoms with Gasteiger partial charge in [0.2, 0.25) is 0 Å². The summed E-state index contributed by atoms with van der Waals surface area (Å²) < 4.78 is 80.3. The van der Waals surface area contributed by atoms with E-state index in [1.807, 2.05) is 30.3 Å². The average Bonchev–Trinajstić information content (AvgIpc) is 3.72. The summed E-state index contributed by atoms with van der Waals surface area (Å²) in [4.78, 5) is 19.7. The standard InChI is InChI=1S/C28H31F6N3O/c29-27(30,31)22-14-21(15-23(16-22)28(32,33)34)26(38)37-9-8-25(24(18-37)20-4-2-1-3-5-20)36-12-10-35(11-13-36)17-19-6-7-19/h1-5,14-16,19,24-25H,6-13,17-18H2/t24-,25-/m1/s1. The minimum absolute atomic E-state index is 0.0542. The predicted octanol–water partition coefficient (Wildman–Crippen LogP) is 5.75. The summed E-state index contributed by atoms with van der Waals surface area (Å²) in [7, 11) is 0. The molecule has 0 aromatic heterocycles. The van der Waals surface area contributed by atoms with Crippen molar-refractivity contribution in [3.8, 4) is 0 Å². The Balaban J connectivity index is 1.36. The first kappa shape index (κ1) is 27.0. The van der Waals surface area contributed by atoms with E-state index in [1.165, 1.54) is 17.7 Å². The second-order valence-electron chi connectivity index (χ2n) is 10.7. The van der Waals surface area contributed by atoms with Gasteiger partial charge in [0.25, 0.3) is 5.91 Å². The van der Waals surface area contributed by atoms with E-state index in [0.717, 1.165) is 44.2 Å². The number of piperazine rings is 1. The van der Waals surface area contributed by atoms with Crippen molar-refractivity contribution in [2.24, 2.45) is 5.92 Å². The summed E-state index contributed by atoms with van der Waals surface area (Å²) >= 11 is 0. The molecule has 2 aromatic rings. The first-order chi connectivity index (χ1) is 18.0. The Bertz CT molecular complexity index is 1090. The highest BCUT2D eigenvalue weighted by atomic mass is 19.4. The first-order valence-electron chi connectivity index (χ1n) is 13.1. The Kier molecular flexibility index (Phi) is 7.48. The molecule has 1 saturated carbocycles. The van der Waals surface area contributed by atoms with Crippen molar-refractivity contribution in [2.75, 3.05) is 45.8 Å². The number of carbonyl (C=O) groups is 1. The molecule has 206 valence electrons. The van der Waals surface area contributed by atoms with Gasteiger partial charge in [-0.2, -0.15) is 26.3 Å². The second-order valence-corrected chi connectivity index (χ2v) is 10.7. The number of nitrogens with zero attached hydrogens (tertiary/aromatic N) is 3. The van der Waals surface area contributed by atoms with Gasteiger partial charge in [0, 0.05) is 63.3 Å². The molecule has 5 rings (SSSR count). The van der Waals surface area contributed by atoms with Gasteiger partial charge in [0.15, 0.2) is 0 Å². The number of likely N-dealkylation sites (tertiary alicyclic amines) is 1. The lowest BCUT2D eigenvalue weighted by molar-refractivity contribution is -0.143. The number of piperidine rings is 1. The quantitative estimate of drug-likeness (QED) is 0.453. The Labute approximate surface area is 218 Å². The highest BCUT2D eigenvalue weighted by molar-refractivity contribution is 5.95. The molecule has 0 spiro atoms. The van der Waals surface area contributed by atoms with Crippen LogP contribution in [0.25, 0.3) is 0 Å². The number of amides is 1. The zero-order chi connectivity index (χ0) is 27.1. The van der Waals surface area contributed by atoms with Crippen molar-refractivity contribution in [1.82, 2.24) is 14.7 Å². The second kappa shape index (κ2) is 10.5. The molecule has 0 N–H and O–H groups in total. The fourth-order valence-electron chi connectivity index (χ4n) is 5.79. The van der Waals surface area contributed by atoms with E-state index < -0.39 is 35.0 Å². The van der Waals surface area contributed by atoms with Crippen LogP contribution in [0, 0.1) is 5.92 Å². The molecule has 2 saturated heterocycles. The number of hydrogen-bond donors (Lipinski definition) is 0. The molecule has 3 fully saturated rings. The summed E-state index contributed by atoms with van der Waals surface area (Å²) in [6.45, 7) is 5.39. The molecule has 4 nitrogen and oxygen atoms in total. The lowest BCUT2D eigenvalue weighted by Crippen LogP contribution is -2.56. The summed E-state index contributed by atoms with van der Waals surface area (Å²) in [6.07, 6.45) is -6.80. The van der Waals surface area contributed by atoms with Crippen LogP contribution in [0.4, 0.5) is 26.3 Å². The van der Waals surface area contributed by atoms with Gasteiger partial charge in [-0.15, -0.1) is 0 Å². The van der Waals surface area contributed by atoms with E-state index in [0.29, 0.717) is 18.6 Å².